The largest absolute Gasteiger partial charge is 0.478 e. The quantitative estimate of drug-likeness (QED) is 0.899. The molecule has 116 valence electrons. The number of carboxylic acids is 1. The van der Waals surface area contributed by atoms with Crippen LogP contribution in [0.2, 0.25) is 0 Å². The summed E-state index contributed by atoms with van der Waals surface area (Å²) in [4.78, 5) is 17.7. The Morgan fingerprint density at radius 1 is 1.23 bits per heavy atom. The normalized spacial score (nSPS) is 16.6. The molecule has 1 saturated heterocycles. The number of carbonyl (C=O) groups is 1. The molecule has 1 aromatic heterocycles. The van der Waals surface area contributed by atoms with Gasteiger partial charge in [0, 0.05) is 37.1 Å². The van der Waals surface area contributed by atoms with Gasteiger partial charge in [-0.25, -0.2) is 14.8 Å². The molecule has 0 aliphatic carbocycles. The molecule has 1 aromatic carbocycles. The Bertz CT molecular complexity index is 648. The van der Waals surface area contributed by atoms with Gasteiger partial charge in [-0.2, -0.15) is 0 Å². The zero-order valence-corrected chi connectivity index (χ0v) is 13.1. The molecule has 0 spiro atoms. The van der Waals surface area contributed by atoms with Crippen LogP contribution in [0.1, 0.15) is 10.4 Å². The smallest absolute Gasteiger partial charge is 0.335 e. The molecule has 0 bridgehead atoms. The average molecular weight is 318 g/mol. The summed E-state index contributed by atoms with van der Waals surface area (Å²) < 4.78 is 0. The topological polar surface area (TPSA) is 68.7 Å². The third kappa shape index (κ3) is 3.44. The Balaban J connectivity index is 1.66. The Labute approximate surface area is 133 Å². The van der Waals surface area contributed by atoms with Crippen LogP contribution in [-0.4, -0.2) is 59.2 Å². The molecule has 2 heterocycles. The fourth-order valence-electron chi connectivity index (χ4n) is 2.29. The number of anilines is 1. The van der Waals surface area contributed by atoms with Crippen molar-refractivity contribution >= 4 is 22.4 Å². The predicted octanol–water partition coefficient (Wildman–Crippen LogP) is 2.08. The van der Waals surface area contributed by atoms with Crippen molar-refractivity contribution in [3.8, 4) is 11.3 Å². The fraction of sp³-hybridized carbons (Fsp3) is 0.333. The Kier molecular flexibility index (Phi) is 4.37. The molecule has 2 aromatic rings. The van der Waals surface area contributed by atoms with Crippen molar-refractivity contribution in [3.05, 3.63) is 35.2 Å². The zero-order valence-electron chi connectivity index (χ0n) is 12.3. The number of carboxylic acid groups (broad SMARTS) is 1. The van der Waals surface area contributed by atoms with Gasteiger partial charge in [0.25, 0.3) is 0 Å². The predicted molar refractivity (Wildman–Crippen MR) is 87.2 cm³/mol. The lowest BCUT2D eigenvalue weighted by Crippen LogP contribution is -2.46. The number of rotatable bonds is 4. The second-order valence-corrected chi connectivity index (χ2v) is 6.18. The number of hydrogen-bond donors (Lipinski definition) is 2. The van der Waals surface area contributed by atoms with E-state index in [1.165, 1.54) is 0 Å². The van der Waals surface area contributed by atoms with Crippen LogP contribution in [-0.2, 0) is 0 Å². The van der Waals surface area contributed by atoms with Crippen LogP contribution < -0.4 is 5.43 Å². The first kappa shape index (κ1) is 15.0. The molecule has 1 fully saturated rings. The van der Waals surface area contributed by atoms with Crippen LogP contribution in [0.3, 0.4) is 0 Å². The van der Waals surface area contributed by atoms with Crippen molar-refractivity contribution in [1.82, 2.24) is 14.9 Å². The third-order valence-corrected chi connectivity index (χ3v) is 4.44. The van der Waals surface area contributed by atoms with E-state index in [0.29, 0.717) is 0 Å². The summed E-state index contributed by atoms with van der Waals surface area (Å²) in [5, 5.41) is 13.9. The van der Waals surface area contributed by atoms with Crippen molar-refractivity contribution in [2.75, 3.05) is 38.7 Å². The highest BCUT2D eigenvalue weighted by atomic mass is 32.1. The van der Waals surface area contributed by atoms with Gasteiger partial charge in [-0.1, -0.05) is 12.1 Å². The highest BCUT2D eigenvalue weighted by Gasteiger charge is 2.15. The van der Waals surface area contributed by atoms with E-state index in [1.807, 2.05) is 5.38 Å². The van der Waals surface area contributed by atoms with E-state index >= 15 is 0 Å². The van der Waals surface area contributed by atoms with E-state index in [1.54, 1.807) is 35.6 Å². The van der Waals surface area contributed by atoms with Gasteiger partial charge >= 0.3 is 5.97 Å². The van der Waals surface area contributed by atoms with Gasteiger partial charge in [0.1, 0.15) is 0 Å². The van der Waals surface area contributed by atoms with Gasteiger partial charge in [-0.15, -0.1) is 11.3 Å². The van der Waals surface area contributed by atoms with E-state index in [-0.39, 0.29) is 5.56 Å². The van der Waals surface area contributed by atoms with Crippen LogP contribution >= 0.6 is 11.3 Å². The van der Waals surface area contributed by atoms with Gasteiger partial charge < -0.3 is 10.0 Å². The van der Waals surface area contributed by atoms with Crippen molar-refractivity contribution in [1.29, 1.82) is 0 Å². The maximum atomic E-state index is 10.9. The first-order valence-electron chi connectivity index (χ1n) is 7.11. The number of benzene rings is 1. The van der Waals surface area contributed by atoms with E-state index < -0.39 is 5.97 Å². The fourth-order valence-corrected chi connectivity index (χ4v) is 3.04. The summed E-state index contributed by atoms with van der Waals surface area (Å²) in [6.45, 7) is 4.03. The second-order valence-electron chi connectivity index (χ2n) is 5.32. The van der Waals surface area contributed by atoms with Crippen LogP contribution in [0.25, 0.3) is 11.3 Å². The molecule has 0 amide bonds. The number of aromatic nitrogens is 1. The molecular weight excluding hydrogens is 300 g/mol. The van der Waals surface area contributed by atoms with Crippen molar-refractivity contribution in [2.45, 2.75) is 0 Å². The maximum Gasteiger partial charge on any atom is 0.335 e. The molecule has 3 rings (SSSR count). The zero-order chi connectivity index (χ0) is 15.5. The molecule has 1 aliphatic rings. The van der Waals surface area contributed by atoms with Gasteiger partial charge in [0.15, 0.2) is 5.13 Å². The minimum atomic E-state index is -0.915. The van der Waals surface area contributed by atoms with Gasteiger partial charge in [-0.05, 0) is 19.2 Å². The molecule has 0 saturated carbocycles. The highest BCUT2D eigenvalue weighted by Crippen LogP contribution is 2.25. The van der Waals surface area contributed by atoms with E-state index in [2.05, 4.69) is 27.4 Å². The summed E-state index contributed by atoms with van der Waals surface area (Å²) in [5.74, 6) is -0.915. The number of likely N-dealkylation sites (N-methyl/N-ethyl adjacent to an activating group) is 1. The Hall–Kier alpha value is -1.96. The van der Waals surface area contributed by atoms with Gasteiger partial charge in [-0.3, -0.25) is 5.43 Å². The number of hydrogen-bond acceptors (Lipinski definition) is 6. The Morgan fingerprint density at radius 3 is 2.55 bits per heavy atom. The lowest BCUT2D eigenvalue weighted by atomic mass is 10.1. The van der Waals surface area contributed by atoms with Crippen molar-refractivity contribution in [2.24, 2.45) is 0 Å². The first-order chi connectivity index (χ1) is 10.6. The number of nitrogens with one attached hydrogen (secondary N) is 1. The summed E-state index contributed by atoms with van der Waals surface area (Å²) in [5.41, 5.74) is 5.41. The molecule has 7 heteroatoms. The monoisotopic (exact) mass is 318 g/mol. The van der Waals surface area contributed by atoms with E-state index in [0.717, 1.165) is 42.6 Å². The number of nitrogens with zero attached hydrogens (tertiary/aromatic N) is 3. The molecule has 2 N–H and O–H groups in total. The maximum absolute atomic E-state index is 10.9. The molecule has 6 nitrogen and oxygen atoms in total. The van der Waals surface area contributed by atoms with Crippen LogP contribution in [0, 0.1) is 0 Å². The van der Waals surface area contributed by atoms with Crippen LogP contribution in [0.15, 0.2) is 29.6 Å². The van der Waals surface area contributed by atoms with E-state index in [9.17, 15) is 4.79 Å². The minimum Gasteiger partial charge on any atom is -0.478 e. The SMILES string of the molecule is CN1CCN(Nc2nc(-c3ccc(C(=O)O)cc3)cs2)CC1. The van der Waals surface area contributed by atoms with Gasteiger partial charge in [0.2, 0.25) is 0 Å². The first-order valence-corrected chi connectivity index (χ1v) is 7.99. The standard InChI is InChI=1S/C15H18N4O2S/c1-18-6-8-19(9-7-18)17-15-16-13(10-22-15)11-2-4-12(5-3-11)14(20)21/h2-5,10H,6-9H2,1H3,(H,16,17)(H,20,21). The number of piperazine rings is 1. The van der Waals surface area contributed by atoms with Crippen LogP contribution in [0.5, 0.6) is 0 Å². The summed E-state index contributed by atoms with van der Waals surface area (Å²) in [6, 6.07) is 6.78. The lowest BCUT2D eigenvalue weighted by Gasteiger charge is -2.32. The molecule has 1 aliphatic heterocycles. The molecule has 0 atom stereocenters. The highest BCUT2D eigenvalue weighted by molar-refractivity contribution is 7.14. The molecule has 0 radical (unpaired) electrons. The Morgan fingerprint density at radius 2 is 1.91 bits per heavy atom. The lowest BCUT2D eigenvalue weighted by molar-refractivity contribution is 0.0697. The number of aromatic carboxylic acids is 1. The second kappa shape index (κ2) is 6.43. The third-order valence-electron chi connectivity index (χ3n) is 3.69. The summed E-state index contributed by atoms with van der Waals surface area (Å²) in [6.07, 6.45) is 0. The average Bonchev–Trinajstić information content (AvgIpc) is 2.98. The number of hydrazine groups is 1. The van der Waals surface area contributed by atoms with Crippen molar-refractivity contribution < 1.29 is 9.90 Å². The number of thiazole rings is 1. The van der Waals surface area contributed by atoms with Gasteiger partial charge in [0.05, 0.1) is 11.3 Å². The molecule has 0 unspecified atom stereocenters. The summed E-state index contributed by atoms with van der Waals surface area (Å²) in [7, 11) is 2.12. The molecular formula is C15H18N4O2S. The van der Waals surface area contributed by atoms with E-state index in [4.69, 9.17) is 5.11 Å². The minimum absolute atomic E-state index is 0.287. The van der Waals surface area contributed by atoms with Crippen molar-refractivity contribution in [3.63, 3.8) is 0 Å². The molecule has 22 heavy (non-hydrogen) atoms. The van der Waals surface area contributed by atoms with Crippen LogP contribution in [0.4, 0.5) is 5.13 Å². The summed E-state index contributed by atoms with van der Waals surface area (Å²) >= 11 is 1.56.